The lowest BCUT2D eigenvalue weighted by Gasteiger charge is -2.02. The summed E-state index contributed by atoms with van der Waals surface area (Å²) < 4.78 is 0. The van der Waals surface area contributed by atoms with Crippen molar-refractivity contribution < 1.29 is 0 Å². The van der Waals surface area contributed by atoms with E-state index in [-0.39, 0.29) is 0 Å². The third-order valence-corrected chi connectivity index (χ3v) is 2.88. The van der Waals surface area contributed by atoms with Gasteiger partial charge < -0.3 is 5.32 Å². The van der Waals surface area contributed by atoms with Gasteiger partial charge in [-0.1, -0.05) is 29.8 Å². The van der Waals surface area contributed by atoms with Gasteiger partial charge in [-0.25, -0.2) is 0 Å². The van der Waals surface area contributed by atoms with Gasteiger partial charge in [-0.3, -0.25) is 0 Å². The second-order valence-corrected chi connectivity index (χ2v) is 4.07. The zero-order chi connectivity index (χ0) is 9.97. The van der Waals surface area contributed by atoms with Crippen molar-refractivity contribution in [2.24, 2.45) is 0 Å². The first-order chi connectivity index (χ1) is 6.75. The average molecular weight is 187 g/mol. The minimum absolute atomic E-state index is 1.06. The highest BCUT2D eigenvalue weighted by molar-refractivity contribution is 5.55. The van der Waals surface area contributed by atoms with Crippen LogP contribution in [-0.2, 0) is 0 Å². The maximum Gasteiger partial charge on any atom is 0.0168 e. The molecule has 0 radical (unpaired) electrons. The molecule has 1 aliphatic heterocycles. The average Bonchev–Trinajstić information content (AvgIpc) is 2.64. The standard InChI is InChI=1S/C13H17N/c1-10-3-4-12(7-11(10)2)8-13-5-6-14-9-13/h3-4,7-8,14H,5-6,9H2,1-2H3/b13-8-. The molecule has 1 saturated heterocycles. The van der Waals surface area contributed by atoms with Crippen LogP contribution in [-0.4, -0.2) is 13.1 Å². The minimum atomic E-state index is 1.06. The highest BCUT2D eigenvalue weighted by Gasteiger charge is 2.04. The lowest BCUT2D eigenvalue weighted by molar-refractivity contribution is 0.862. The van der Waals surface area contributed by atoms with Gasteiger partial charge in [0.2, 0.25) is 0 Å². The Hall–Kier alpha value is -1.08. The third-order valence-electron chi connectivity index (χ3n) is 2.88. The molecule has 1 fully saturated rings. The van der Waals surface area contributed by atoms with Gasteiger partial charge in [0.25, 0.3) is 0 Å². The molecular formula is C13H17N. The predicted octanol–water partition coefficient (Wildman–Crippen LogP) is 2.68. The van der Waals surface area contributed by atoms with Crippen LogP contribution in [0.5, 0.6) is 0 Å². The molecule has 0 amide bonds. The maximum absolute atomic E-state index is 3.35. The summed E-state index contributed by atoms with van der Waals surface area (Å²) in [7, 11) is 0. The quantitative estimate of drug-likeness (QED) is 0.712. The highest BCUT2D eigenvalue weighted by Crippen LogP contribution is 2.15. The summed E-state index contributed by atoms with van der Waals surface area (Å²) in [6.07, 6.45) is 3.51. The van der Waals surface area contributed by atoms with Crippen molar-refractivity contribution >= 4 is 6.08 Å². The van der Waals surface area contributed by atoms with Crippen molar-refractivity contribution in [2.45, 2.75) is 20.3 Å². The van der Waals surface area contributed by atoms with E-state index >= 15 is 0 Å². The molecule has 0 atom stereocenters. The highest BCUT2D eigenvalue weighted by atomic mass is 14.9. The van der Waals surface area contributed by atoms with Gasteiger partial charge >= 0.3 is 0 Å². The second kappa shape index (κ2) is 3.97. The molecule has 1 aromatic rings. The van der Waals surface area contributed by atoms with E-state index in [2.05, 4.69) is 43.4 Å². The van der Waals surface area contributed by atoms with Crippen LogP contribution in [0.4, 0.5) is 0 Å². The van der Waals surface area contributed by atoms with Gasteiger partial charge in [0, 0.05) is 6.54 Å². The first-order valence-electron chi connectivity index (χ1n) is 5.23. The molecule has 0 spiro atoms. The molecule has 0 unspecified atom stereocenters. The molecular weight excluding hydrogens is 170 g/mol. The summed E-state index contributed by atoms with van der Waals surface area (Å²) in [6, 6.07) is 6.67. The van der Waals surface area contributed by atoms with Crippen LogP contribution < -0.4 is 5.32 Å². The van der Waals surface area contributed by atoms with E-state index in [0.717, 1.165) is 13.1 Å². The van der Waals surface area contributed by atoms with Crippen LogP contribution in [0, 0.1) is 13.8 Å². The molecule has 14 heavy (non-hydrogen) atoms. The van der Waals surface area contributed by atoms with Gasteiger partial charge in [-0.05, 0) is 43.5 Å². The lowest BCUT2D eigenvalue weighted by Crippen LogP contribution is -2.04. The summed E-state index contributed by atoms with van der Waals surface area (Å²) in [5.74, 6) is 0. The summed E-state index contributed by atoms with van der Waals surface area (Å²) in [5.41, 5.74) is 5.61. The molecule has 74 valence electrons. The Morgan fingerprint density at radius 1 is 1.21 bits per heavy atom. The van der Waals surface area contributed by atoms with Gasteiger partial charge in [-0.15, -0.1) is 0 Å². The van der Waals surface area contributed by atoms with Crippen molar-refractivity contribution in [1.29, 1.82) is 0 Å². The Morgan fingerprint density at radius 3 is 2.71 bits per heavy atom. The number of hydrogen-bond donors (Lipinski definition) is 1. The van der Waals surface area contributed by atoms with Crippen molar-refractivity contribution in [3.8, 4) is 0 Å². The molecule has 2 rings (SSSR count). The number of hydrogen-bond acceptors (Lipinski definition) is 1. The Balaban J connectivity index is 2.24. The van der Waals surface area contributed by atoms with E-state index < -0.39 is 0 Å². The van der Waals surface area contributed by atoms with E-state index in [0.29, 0.717) is 0 Å². The number of aryl methyl sites for hydroxylation is 2. The molecule has 1 heteroatoms. The topological polar surface area (TPSA) is 12.0 Å². The molecule has 0 aromatic heterocycles. The SMILES string of the molecule is Cc1ccc(/C=C2/CCNC2)cc1C. The van der Waals surface area contributed by atoms with Gasteiger partial charge in [-0.2, -0.15) is 0 Å². The Bertz CT molecular complexity index is 355. The molecule has 0 aliphatic carbocycles. The van der Waals surface area contributed by atoms with Crippen LogP contribution in [0.3, 0.4) is 0 Å². The van der Waals surface area contributed by atoms with Crippen molar-refractivity contribution in [2.75, 3.05) is 13.1 Å². The fourth-order valence-electron chi connectivity index (χ4n) is 1.80. The van der Waals surface area contributed by atoms with Gasteiger partial charge in [0.15, 0.2) is 0 Å². The first-order valence-corrected chi connectivity index (χ1v) is 5.23. The fraction of sp³-hybridized carbons (Fsp3) is 0.385. The number of benzene rings is 1. The zero-order valence-corrected chi connectivity index (χ0v) is 8.93. The van der Waals surface area contributed by atoms with Crippen LogP contribution in [0.2, 0.25) is 0 Å². The van der Waals surface area contributed by atoms with Crippen LogP contribution >= 0.6 is 0 Å². The summed E-state index contributed by atoms with van der Waals surface area (Å²) in [6.45, 7) is 6.53. The molecule has 0 saturated carbocycles. The van der Waals surface area contributed by atoms with Crippen molar-refractivity contribution in [3.05, 3.63) is 40.5 Å². The third kappa shape index (κ3) is 2.05. The smallest absolute Gasteiger partial charge is 0.0168 e. The molecule has 1 aliphatic rings. The molecule has 1 nitrogen and oxygen atoms in total. The van der Waals surface area contributed by atoms with Crippen molar-refractivity contribution in [1.82, 2.24) is 5.32 Å². The van der Waals surface area contributed by atoms with Crippen LogP contribution in [0.15, 0.2) is 23.8 Å². The molecule has 1 N–H and O–H groups in total. The number of rotatable bonds is 1. The summed E-state index contributed by atoms with van der Waals surface area (Å²) in [5, 5.41) is 3.35. The number of nitrogens with one attached hydrogen (secondary N) is 1. The predicted molar refractivity (Wildman–Crippen MR) is 61.4 cm³/mol. The zero-order valence-electron chi connectivity index (χ0n) is 8.93. The molecule has 1 aromatic carbocycles. The van der Waals surface area contributed by atoms with Crippen LogP contribution in [0.25, 0.3) is 6.08 Å². The Kier molecular flexibility index (Phi) is 2.69. The lowest BCUT2D eigenvalue weighted by atomic mass is 10.0. The summed E-state index contributed by atoms with van der Waals surface area (Å²) >= 11 is 0. The van der Waals surface area contributed by atoms with Crippen molar-refractivity contribution in [3.63, 3.8) is 0 Å². The Morgan fingerprint density at radius 2 is 2.07 bits per heavy atom. The van der Waals surface area contributed by atoms with E-state index in [1.165, 1.54) is 28.7 Å². The van der Waals surface area contributed by atoms with E-state index in [1.807, 2.05) is 0 Å². The largest absolute Gasteiger partial charge is 0.313 e. The monoisotopic (exact) mass is 187 g/mol. The van der Waals surface area contributed by atoms with Gasteiger partial charge in [0.05, 0.1) is 0 Å². The first kappa shape index (κ1) is 9.47. The minimum Gasteiger partial charge on any atom is -0.313 e. The Labute approximate surface area is 85.8 Å². The normalized spacial score (nSPS) is 19.1. The summed E-state index contributed by atoms with van der Waals surface area (Å²) in [4.78, 5) is 0. The molecule has 1 heterocycles. The van der Waals surface area contributed by atoms with Crippen LogP contribution in [0.1, 0.15) is 23.1 Å². The maximum atomic E-state index is 3.35. The van der Waals surface area contributed by atoms with Gasteiger partial charge in [0.1, 0.15) is 0 Å². The fourth-order valence-corrected chi connectivity index (χ4v) is 1.80. The van der Waals surface area contributed by atoms with E-state index in [9.17, 15) is 0 Å². The van der Waals surface area contributed by atoms with E-state index in [4.69, 9.17) is 0 Å². The molecule has 0 bridgehead atoms. The second-order valence-electron chi connectivity index (χ2n) is 4.07. The van der Waals surface area contributed by atoms with E-state index in [1.54, 1.807) is 0 Å².